The number of hydrogen-bond donors (Lipinski definition) is 1. The third-order valence-corrected chi connectivity index (χ3v) is 5.06. The molecule has 3 rings (SSSR count). The number of cyclic esters (lactones) is 1. The molecule has 0 aliphatic carbocycles. The summed E-state index contributed by atoms with van der Waals surface area (Å²) in [6.45, 7) is 5.42. The molecule has 0 amide bonds. The molecule has 116 valence electrons. The fraction of sp³-hybridized carbons (Fsp3) is 0.438. The van der Waals surface area contributed by atoms with E-state index < -0.39 is 16.3 Å². The highest BCUT2D eigenvalue weighted by Gasteiger charge is 2.58. The number of fused-ring (bicyclic) bond motifs is 1. The van der Waals surface area contributed by atoms with E-state index in [9.17, 15) is 9.59 Å². The van der Waals surface area contributed by atoms with Crippen LogP contribution in [-0.2, 0) is 14.3 Å². The Bertz CT molecular complexity index is 720. The number of aromatic amines is 1. The number of rotatable bonds is 4. The largest absolute Gasteiger partial charge is 0.458 e. The Morgan fingerprint density at radius 3 is 2.73 bits per heavy atom. The van der Waals surface area contributed by atoms with Crippen molar-refractivity contribution in [3.05, 3.63) is 24.3 Å². The van der Waals surface area contributed by atoms with Gasteiger partial charge in [0.15, 0.2) is 15.7 Å². The summed E-state index contributed by atoms with van der Waals surface area (Å²) in [5.41, 5.74) is 1.06. The van der Waals surface area contributed by atoms with Gasteiger partial charge in [0, 0.05) is 12.8 Å². The molecule has 1 aliphatic heterocycles. The highest BCUT2D eigenvalue weighted by molar-refractivity contribution is 8.02. The Hall–Kier alpha value is -1.82. The van der Waals surface area contributed by atoms with Crippen molar-refractivity contribution in [3.8, 4) is 0 Å². The van der Waals surface area contributed by atoms with E-state index in [-0.39, 0.29) is 5.78 Å². The van der Waals surface area contributed by atoms with E-state index in [1.807, 2.05) is 38.1 Å². The molecular weight excluding hydrogens is 300 g/mol. The summed E-state index contributed by atoms with van der Waals surface area (Å²) < 4.78 is 4.21. The number of benzene rings is 1. The highest BCUT2D eigenvalue weighted by Crippen LogP contribution is 2.47. The van der Waals surface area contributed by atoms with Gasteiger partial charge in [0.25, 0.3) is 0 Å². The van der Waals surface area contributed by atoms with Gasteiger partial charge in [-0.25, -0.2) is 4.98 Å². The van der Waals surface area contributed by atoms with Gasteiger partial charge in [-0.3, -0.25) is 9.59 Å². The molecule has 0 unspecified atom stereocenters. The predicted octanol–water partition coefficient (Wildman–Crippen LogP) is 3.10. The molecular formula is C16H18N2O3S. The van der Waals surface area contributed by atoms with E-state index >= 15 is 0 Å². The number of thioether (sulfide) groups is 1. The summed E-state index contributed by atoms with van der Waals surface area (Å²) in [5.74, 6) is -0.580. The van der Waals surface area contributed by atoms with Gasteiger partial charge >= 0.3 is 5.97 Å². The van der Waals surface area contributed by atoms with Crippen LogP contribution in [0.25, 0.3) is 11.0 Å². The van der Waals surface area contributed by atoms with E-state index in [0.717, 1.165) is 11.0 Å². The number of carbonyl (C=O) groups is 2. The van der Waals surface area contributed by atoms with Gasteiger partial charge < -0.3 is 9.72 Å². The smallest absolute Gasteiger partial charge is 0.331 e. The number of imidazole rings is 1. The minimum Gasteiger partial charge on any atom is -0.458 e. The lowest BCUT2D eigenvalue weighted by Crippen LogP contribution is -2.40. The number of carbonyl (C=O) groups excluding carboxylic acids is 2. The molecule has 0 spiro atoms. The molecule has 1 fully saturated rings. The van der Waals surface area contributed by atoms with Crippen LogP contribution in [0.5, 0.6) is 0 Å². The van der Waals surface area contributed by atoms with Crippen molar-refractivity contribution in [1.29, 1.82) is 0 Å². The van der Waals surface area contributed by atoms with E-state index in [1.165, 1.54) is 11.8 Å². The summed E-state index contributed by atoms with van der Waals surface area (Å²) in [6.07, 6.45) is 0.644. The van der Waals surface area contributed by atoms with Crippen molar-refractivity contribution in [2.75, 3.05) is 0 Å². The van der Waals surface area contributed by atoms with Gasteiger partial charge in [0.05, 0.1) is 11.0 Å². The number of nitrogens with zero attached hydrogens (tertiary/aromatic N) is 1. The number of H-pyrrole nitrogens is 1. The normalized spacial score (nSPS) is 23.7. The third-order valence-electron chi connectivity index (χ3n) is 3.78. The quantitative estimate of drug-likeness (QED) is 0.693. The van der Waals surface area contributed by atoms with Crippen molar-refractivity contribution in [2.24, 2.45) is 0 Å². The highest BCUT2D eigenvalue weighted by atomic mass is 32.2. The number of hydrogen-bond acceptors (Lipinski definition) is 5. The summed E-state index contributed by atoms with van der Waals surface area (Å²) in [7, 11) is 0. The Labute approximate surface area is 132 Å². The first-order chi connectivity index (χ1) is 10.4. The zero-order chi connectivity index (χ0) is 16.0. The first kappa shape index (κ1) is 15.1. The van der Waals surface area contributed by atoms with Crippen molar-refractivity contribution in [1.82, 2.24) is 9.97 Å². The van der Waals surface area contributed by atoms with Crippen molar-refractivity contribution in [3.63, 3.8) is 0 Å². The molecule has 0 bridgehead atoms. The number of nitrogens with one attached hydrogen (secondary N) is 1. The molecule has 0 saturated carbocycles. The van der Waals surface area contributed by atoms with Crippen LogP contribution in [0.2, 0.25) is 0 Å². The van der Waals surface area contributed by atoms with Crippen molar-refractivity contribution < 1.29 is 14.3 Å². The third kappa shape index (κ3) is 2.41. The van der Waals surface area contributed by atoms with E-state index in [2.05, 4.69) is 9.97 Å². The first-order valence-electron chi connectivity index (χ1n) is 7.27. The molecule has 1 saturated heterocycles. The second kappa shape index (κ2) is 5.12. The van der Waals surface area contributed by atoms with Crippen LogP contribution in [0.4, 0.5) is 0 Å². The molecule has 1 aromatic carbocycles. The zero-order valence-corrected chi connectivity index (χ0v) is 13.6. The number of esters is 1. The van der Waals surface area contributed by atoms with Crippen LogP contribution in [0.15, 0.2) is 29.4 Å². The van der Waals surface area contributed by atoms with Crippen LogP contribution in [0.1, 0.15) is 33.6 Å². The fourth-order valence-corrected chi connectivity index (χ4v) is 4.25. The maximum absolute atomic E-state index is 12.5. The topological polar surface area (TPSA) is 72.1 Å². The van der Waals surface area contributed by atoms with Gasteiger partial charge in [0.1, 0.15) is 5.60 Å². The minimum absolute atomic E-state index is 0.117. The number of aromatic nitrogens is 2. The lowest BCUT2D eigenvalue weighted by Gasteiger charge is -2.21. The molecule has 2 aromatic rings. The predicted molar refractivity (Wildman–Crippen MR) is 84.8 cm³/mol. The van der Waals surface area contributed by atoms with Gasteiger partial charge in [-0.1, -0.05) is 30.8 Å². The Kier molecular flexibility index (Phi) is 3.51. The second-order valence-electron chi connectivity index (χ2n) is 6.09. The molecule has 2 heterocycles. The average molecular weight is 318 g/mol. The van der Waals surface area contributed by atoms with Gasteiger partial charge in [-0.2, -0.15) is 0 Å². The van der Waals surface area contributed by atoms with Crippen molar-refractivity contribution in [2.45, 2.75) is 49.1 Å². The van der Waals surface area contributed by atoms with Crippen LogP contribution in [-0.4, -0.2) is 32.1 Å². The van der Waals surface area contributed by atoms with Crippen LogP contribution in [0, 0.1) is 0 Å². The number of para-hydroxylation sites is 2. The average Bonchev–Trinajstić information content (AvgIpc) is 2.96. The number of ether oxygens (including phenoxy) is 1. The van der Waals surface area contributed by atoms with E-state index in [4.69, 9.17) is 4.74 Å². The Morgan fingerprint density at radius 2 is 2.14 bits per heavy atom. The van der Waals surface area contributed by atoms with E-state index in [1.54, 1.807) is 6.92 Å². The second-order valence-corrected chi connectivity index (χ2v) is 7.38. The summed E-state index contributed by atoms with van der Waals surface area (Å²) >= 11 is 1.18. The van der Waals surface area contributed by atoms with Crippen molar-refractivity contribution >= 4 is 34.5 Å². The maximum Gasteiger partial charge on any atom is 0.331 e. The van der Waals surface area contributed by atoms with Gasteiger partial charge in [-0.05, 0) is 26.0 Å². The maximum atomic E-state index is 12.5. The summed E-state index contributed by atoms with van der Waals surface area (Å²) in [4.78, 5) is 32.6. The van der Waals surface area contributed by atoms with Crippen LogP contribution in [0.3, 0.4) is 0 Å². The molecule has 22 heavy (non-hydrogen) atoms. The standard InChI is InChI=1S/C16H18N2O3S/c1-4-12(19)16(9-15(2,3)21-13(16)20)22-14-17-10-7-5-6-8-11(10)18-14/h5-8H,4,9H2,1-3H3,(H,17,18)/t16-/m1/s1. The number of Topliss-reactive ketones (excluding diaryl/α,β-unsaturated/α-hetero) is 1. The molecule has 1 aliphatic rings. The van der Waals surface area contributed by atoms with Crippen LogP contribution >= 0.6 is 11.8 Å². The SMILES string of the molecule is CCC(=O)[C@]1(Sc2nc3ccccc3[nH]2)CC(C)(C)OC1=O. The van der Waals surface area contributed by atoms with Gasteiger partial charge in [0.2, 0.25) is 0 Å². The lowest BCUT2D eigenvalue weighted by molar-refractivity contribution is -0.148. The lowest BCUT2D eigenvalue weighted by atomic mass is 9.92. The molecule has 5 nitrogen and oxygen atoms in total. The molecule has 1 atom stereocenters. The number of ketones is 1. The monoisotopic (exact) mass is 318 g/mol. The Balaban J connectivity index is 2.01. The van der Waals surface area contributed by atoms with Gasteiger partial charge in [-0.15, -0.1) is 0 Å². The first-order valence-corrected chi connectivity index (χ1v) is 8.08. The molecule has 1 N–H and O–H groups in total. The van der Waals surface area contributed by atoms with Crippen LogP contribution < -0.4 is 0 Å². The zero-order valence-electron chi connectivity index (χ0n) is 12.8. The molecule has 1 aromatic heterocycles. The summed E-state index contributed by atoms with van der Waals surface area (Å²) in [6, 6.07) is 7.62. The van der Waals surface area contributed by atoms with E-state index in [0.29, 0.717) is 18.0 Å². The minimum atomic E-state index is -1.20. The fourth-order valence-electron chi connectivity index (χ4n) is 2.82. The summed E-state index contributed by atoms with van der Waals surface area (Å²) in [5, 5.41) is 0.567. The molecule has 0 radical (unpaired) electrons. The molecule has 6 heteroatoms. The Morgan fingerprint density at radius 1 is 1.41 bits per heavy atom.